The van der Waals surface area contributed by atoms with Crippen LogP contribution < -0.4 is 11.1 Å². The summed E-state index contributed by atoms with van der Waals surface area (Å²) in [6.07, 6.45) is 3.47. The highest BCUT2D eigenvalue weighted by Gasteiger charge is 2.32. The minimum absolute atomic E-state index is 0.0606. The molecule has 1 saturated heterocycles. The van der Waals surface area contributed by atoms with Gasteiger partial charge in [-0.2, -0.15) is 0 Å². The maximum absolute atomic E-state index is 6.05. The number of rotatable bonds is 5. The average Bonchev–Trinajstić information content (AvgIpc) is 2.42. The first-order valence-corrected chi connectivity index (χ1v) is 7.93. The largest absolute Gasteiger partial charge is 0.378 e. The third-order valence-corrected chi connectivity index (χ3v) is 4.47. The van der Waals surface area contributed by atoms with Crippen molar-refractivity contribution in [1.82, 2.24) is 4.90 Å². The topological polar surface area (TPSA) is 41.3 Å². The van der Waals surface area contributed by atoms with Crippen LogP contribution in [-0.2, 0) is 0 Å². The molecule has 106 valence electrons. The molecule has 0 saturated carbocycles. The third kappa shape index (κ3) is 3.94. The van der Waals surface area contributed by atoms with Gasteiger partial charge in [0.05, 0.1) is 5.54 Å². The first-order valence-electron chi connectivity index (χ1n) is 7.14. The minimum Gasteiger partial charge on any atom is -0.378 e. The number of hydrogen-bond acceptors (Lipinski definition) is 3. The quantitative estimate of drug-likeness (QED) is 0.874. The molecular formula is C15H24BrN3. The Labute approximate surface area is 124 Å². The Morgan fingerprint density at radius 2 is 2.11 bits per heavy atom. The number of nitrogens with one attached hydrogen (secondary N) is 1. The Morgan fingerprint density at radius 1 is 1.37 bits per heavy atom. The first kappa shape index (κ1) is 14.8. The molecule has 2 rings (SSSR count). The van der Waals surface area contributed by atoms with Crippen LogP contribution in [0.5, 0.6) is 0 Å². The smallest absolute Gasteiger partial charge is 0.0520 e. The first-order chi connectivity index (χ1) is 9.17. The molecule has 0 spiro atoms. The fraction of sp³-hybridized carbons (Fsp3) is 0.600. The summed E-state index contributed by atoms with van der Waals surface area (Å²) in [6, 6.07) is 8.34. The maximum atomic E-state index is 6.05. The van der Waals surface area contributed by atoms with E-state index < -0.39 is 0 Å². The number of likely N-dealkylation sites (tertiary alicyclic amines) is 1. The lowest BCUT2D eigenvalue weighted by atomic mass is 9.87. The van der Waals surface area contributed by atoms with Gasteiger partial charge in [0.2, 0.25) is 0 Å². The summed E-state index contributed by atoms with van der Waals surface area (Å²) in [6.45, 7) is 6.43. The van der Waals surface area contributed by atoms with E-state index in [2.05, 4.69) is 51.3 Å². The van der Waals surface area contributed by atoms with E-state index in [0.717, 1.165) is 36.1 Å². The molecule has 1 fully saturated rings. The van der Waals surface area contributed by atoms with E-state index in [1.807, 2.05) is 6.07 Å². The van der Waals surface area contributed by atoms with Gasteiger partial charge < -0.3 is 16.0 Å². The Bertz CT molecular complexity index is 400. The second-order valence-corrected chi connectivity index (χ2v) is 6.38. The maximum Gasteiger partial charge on any atom is 0.0520 e. The van der Waals surface area contributed by atoms with E-state index in [9.17, 15) is 0 Å². The molecule has 0 bridgehead atoms. The molecule has 4 heteroatoms. The van der Waals surface area contributed by atoms with Crippen LogP contribution in [0.2, 0.25) is 0 Å². The van der Waals surface area contributed by atoms with Gasteiger partial charge in [0.15, 0.2) is 0 Å². The van der Waals surface area contributed by atoms with E-state index in [0.29, 0.717) is 6.54 Å². The van der Waals surface area contributed by atoms with Crippen molar-refractivity contribution >= 4 is 21.6 Å². The van der Waals surface area contributed by atoms with Crippen LogP contribution in [0.15, 0.2) is 28.7 Å². The normalized spacial score (nSPS) is 19.3. The Morgan fingerprint density at radius 3 is 2.68 bits per heavy atom. The van der Waals surface area contributed by atoms with Crippen molar-refractivity contribution in [3.8, 4) is 0 Å². The molecule has 1 aromatic rings. The standard InChI is InChI=1S/C15H24BrN3/c1-2-8-19-9-6-15(12-17,7-10-19)18-14-5-3-4-13(16)11-14/h3-5,11,18H,2,6-10,12,17H2,1H3. The Kier molecular flexibility index (Phi) is 5.25. The number of benzene rings is 1. The van der Waals surface area contributed by atoms with Gasteiger partial charge in [-0.25, -0.2) is 0 Å². The van der Waals surface area contributed by atoms with Gasteiger partial charge in [-0.05, 0) is 44.0 Å². The van der Waals surface area contributed by atoms with Gasteiger partial charge in [0.1, 0.15) is 0 Å². The van der Waals surface area contributed by atoms with Gasteiger partial charge in [-0.3, -0.25) is 0 Å². The van der Waals surface area contributed by atoms with Crippen molar-refractivity contribution in [2.75, 3.05) is 31.5 Å². The highest BCUT2D eigenvalue weighted by molar-refractivity contribution is 9.10. The third-order valence-electron chi connectivity index (χ3n) is 3.98. The van der Waals surface area contributed by atoms with Crippen molar-refractivity contribution in [1.29, 1.82) is 0 Å². The molecule has 0 aliphatic carbocycles. The number of piperidine rings is 1. The summed E-state index contributed by atoms with van der Waals surface area (Å²) >= 11 is 3.52. The van der Waals surface area contributed by atoms with E-state index in [1.54, 1.807) is 0 Å². The molecular weight excluding hydrogens is 302 g/mol. The zero-order valence-corrected chi connectivity index (χ0v) is 13.2. The van der Waals surface area contributed by atoms with E-state index in [1.165, 1.54) is 13.0 Å². The number of anilines is 1. The summed E-state index contributed by atoms with van der Waals surface area (Å²) in [5.41, 5.74) is 7.27. The molecule has 19 heavy (non-hydrogen) atoms. The lowest BCUT2D eigenvalue weighted by Crippen LogP contribution is -2.53. The second-order valence-electron chi connectivity index (χ2n) is 5.46. The number of nitrogens with zero attached hydrogens (tertiary/aromatic N) is 1. The number of halogens is 1. The van der Waals surface area contributed by atoms with Crippen molar-refractivity contribution < 1.29 is 0 Å². The summed E-state index contributed by atoms with van der Waals surface area (Å²) in [7, 11) is 0. The number of hydrogen-bond donors (Lipinski definition) is 2. The van der Waals surface area contributed by atoms with Gasteiger partial charge >= 0.3 is 0 Å². The Hall–Kier alpha value is -0.580. The van der Waals surface area contributed by atoms with Crippen LogP contribution in [0.3, 0.4) is 0 Å². The van der Waals surface area contributed by atoms with Crippen LogP contribution >= 0.6 is 15.9 Å². The summed E-state index contributed by atoms with van der Waals surface area (Å²) in [5.74, 6) is 0. The monoisotopic (exact) mass is 325 g/mol. The summed E-state index contributed by atoms with van der Waals surface area (Å²) in [4.78, 5) is 2.54. The summed E-state index contributed by atoms with van der Waals surface area (Å²) < 4.78 is 1.10. The zero-order chi connectivity index (χ0) is 13.7. The Balaban J connectivity index is 2.00. The zero-order valence-electron chi connectivity index (χ0n) is 11.7. The molecule has 0 atom stereocenters. The summed E-state index contributed by atoms with van der Waals surface area (Å²) in [5, 5.41) is 3.67. The van der Waals surface area contributed by atoms with Crippen LogP contribution in [0.1, 0.15) is 26.2 Å². The van der Waals surface area contributed by atoms with Gasteiger partial charge in [-0.1, -0.05) is 28.9 Å². The predicted octanol–water partition coefficient (Wildman–Crippen LogP) is 3.06. The van der Waals surface area contributed by atoms with E-state index in [-0.39, 0.29) is 5.54 Å². The fourth-order valence-electron chi connectivity index (χ4n) is 2.77. The molecule has 0 aromatic heterocycles. The molecule has 1 aromatic carbocycles. The molecule has 0 amide bonds. The van der Waals surface area contributed by atoms with Crippen molar-refractivity contribution in [2.45, 2.75) is 31.7 Å². The predicted molar refractivity (Wildman–Crippen MR) is 85.5 cm³/mol. The molecule has 1 heterocycles. The lowest BCUT2D eigenvalue weighted by Gasteiger charge is -2.42. The average molecular weight is 326 g/mol. The molecule has 1 aliphatic rings. The van der Waals surface area contributed by atoms with Gasteiger partial charge in [0, 0.05) is 29.8 Å². The number of nitrogens with two attached hydrogens (primary N) is 1. The van der Waals surface area contributed by atoms with E-state index in [4.69, 9.17) is 5.73 Å². The molecule has 0 unspecified atom stereocenters. The second kappa shape index (κ2) is 6.73. The molecule has 0 radical (unpaired) electrons. The van der Waals surface area contributed by atoms with Crippen LogP contribution in [0.4, 0.5) is 5.69 Å². The molecule has 3 N–H and O–H groups in total. The van der Waals surface area contributed by atoms with Crippen LogP contribution in [0, 0.1) is 0 Å². The lowest BCUT2D eigenvalue weighted by molar-refractivity contribution is 0.177. The SMILES string of the molecule is CCCN1CCC(CN)(Nc2cccc(Br)c2)CC1. The highest BCUT2D eigenvalue weighted by atomic mass is 79.9. The molecule has 1 aliphatic heterocycles. The molecule has 3 nitrogen and oxygen atoms in total. The van der Waals surface area contributed by atoms with Gasteiger partial charge in [0.25, 0.3) is 0 Å². The van der Waals surface area contributed by atoms with Crippen molar-refractivity contribution in [3.63, 3.8) is 0 Å². The minimum atomic E-state index is 0.0606. The van der Waals surface area contributed by atoms with Crippen LogP contribution in [-0.4, -0.2) is 36.6 Å². The van der Waals surface area contributed by atoms with Crippen LogP contribution in [0.25, 0.3) is 0 Å². The fourth-order valence-corrected chi connectivity index (χ4v) is 3.17. The van der Waals surface area contributed by atoms with E-state index >= 15 is 0 Å². The van der Waals surface area contributed by atoms with Gasteiger partial charge in [-0.15, -0.1) is 0 Å². The highest BCUT2D eigenvalue weighted by Crippen LogP contribution is 2.27. The van der Waals surface area contributed by atoms with Crippen molar-refractivity contribution in [3.05, 3.63) is 28.7 Å². The van der Waals surface area contributed by atoms with Crippen molar-refractivity contribution in [2.24, 2.45) is 5.73 Å².